The Labute approximate surface area is 103 Å². The molecule has 0 aliphatic carbocycles. The standard InChI is InChI=1S/C14H20N2O/c1-10(2)16(3)14(17)12-8-4-6-11-7-5-9-15-13(11)12/h4,6,8,10,15H,5,7,9H2,1-3H3. The van der Waals surface area contributed by atoms with E-state index in [1.807, 2.05) is 33.0 Å². The predicted octanol–water partition coefficient (Wildman–Crippen LogP) is 2.53. The average molecular weight is 232 g/mol. The Hall–Kier alpha value is -1.51. The predicted molar refractivity (Wildman–Crippen MR) is 70.5 cm³/mol. The molecule has 0 fully saturated rings. The van der Waals surface area contributed by atoms with Crippen molar-refractivity contribution >= 4 is 11.6 Å². The smallest absolute Gasteiger partial charge is 0.255 e. The van der Waals surface area contributed by atoms with Crippen LogP contribution in [0.5, 0.6) is 0 Å². The monoisotopic (exact) mass is 232 g/mol. The number of hydrogen-bond donors (Lipinski definition) is 1. The zero-order chi connectivity index (χ0) is 12.4. The molecule has 1 aliphatic rings. The summed E-state index contributed by atoms with van der Waals surface area (Å²) in [5.74, 6) is 0.103. The molecule has 3 nitrogen and oxygen atoms in total. The van der Waals surface area contributed by atoms with Gasteiger partial charge in [-0.25, -0.2) is 0 Å². The van der Waals surface area contributed by atoms with Gasteiger partial charge in [-0.05, 0) is 38.3 Å². The molecule has 0 spiro atoms. The molecular weight excluding hydrogens is 212 g/mol. The molecule has 0 unspecified atom stereocenters. The van der Waals surface area contributed by atoms with Gasteiger partial charge in [0.2, 0.25) is 0 Å². The number of fused-ring (bicyclic) bond motifs is 1. The maximum absolute atomic E-state index is 12.3. The number of carbonyl (C=O) groups is 1. The number of nitrogens with zero attached hydrogens (tertiary/aromatic N) is 1. The van der Waals surface area contributed by atoms with E-state index >= 15 is 0 Å². The van der Waals surface area contributed by atoms with Crippen molar-refractivity contribution in [1.29, 1.82) is 0 Å². The second kappa shape index (κ2) is 4.78. The molecular formula is C14H20N2O. The van der Waals surface area contributed by atoms with Crippen LogP contribution in [0.15, 0.2) is 18.2 Å². The van der Waals surface area contributed by atoms with Crippen LogP contribution in [0.3, 0.4) is 0 Å². The number of nitrogens with one attached hydrogen (secondary N) is 1. The van der Waals surface area contributed by atoms with Crippen LogP contribution in [-0.2, 0) is 6.42 Å². The first kappa shape index (κ1) is 12.0. The van der Waals surface area contributed by atoms with Crippen molar-refractivity contribution < 1.29 is 4.79 Å². The molecule has 0 saturated carbocycles. The number of para-hydroxylation sites is 1. The summed E-state index contributed by atoms with van der Waals surface area (Å²) in [6, 6.07) is 6.22. The summed E-state index contributed by atoms with van der Waals surface area (Å²) in [6.07, 6.45) is 2.21. The average Bonchev–Trinajstić information content (AvgIpc) is 2.36. The number of hydrogen-bond acceptors (Lipinski definition) is 2. The number of aryl methyl sites for hydroxylation is 1. The molecule has 0 bridgehead atoms. The number of carbonyl (C=O) groups excluding carboxylic acids is 1. The maximum Gasteiger partial charge on any atom is 0.255 e. The van der Waals surface area contributed by atoms with E-state index < -0.39 is 0 Å². The Kier molecular flexibility index (Phi) is 3.36. The van der Waals surface area contributed by atoms with Crippen LogP contribution >= 0.6 is 0 Å². The highest BCUT2D eigenvalue weighted by Crippen LogP contribution is 2.27. The summed E-state index contributed by atoms with van der Waals surface area (Å²) in [5.41, 5.74) is 3.11. The topological polar surface area (TPSA) is 32.3 Å². The number of benzene rings is 1. The van der Waals surface area contributed by atoms with E-state index in [-0.39, 0.29) is 11.9 Å². The quantitative estimate of drug-likeness (QED) is 0.849. The number of anilines is 1. The molecule has 1 aromatic carbocycles. The summed E-state index contributed by atoms with van der Waals surface area (Å²) in [7, 11) is 1.86. The Morgan fingerprint density at radius 1 is 1.41 bits per heavy atom. The van der Waals surface area contributed by atoms with Crippen LogP contribution in [0, 0.1) is 0 Å². The normalized spacial score (nSPS) is 14.1. The lowest BCUT2D eigenvalue weighted by Crippen LogP contribution is -2.34. The lowest BCUT2D eigenvalue weighted by atomic mass is 9.98. The zero-order valence-electron chi connectivity index (χ0n) is 10.8. The van der Waals surface area contributed by atoms with Crippen LogP contribution in [0.1, 0.15) is 36.2 Å². The van der Waals surface area contributed by atoms with Crippen molar-refractivity contribution in [2.75, 3.05) is 18.9 Å². The molecule has 1 aromatic rings. The van der Waals surface area contributed by atoms with Gasteiger partial charge in [-0.15, -0.1) is 0 Å². The van der Waals surface area contributed by atoms with E-state index in [4.69, 9.17) is 0 Å². The minimum absolute atomic E-state index is 0.103. The van der Waals surface area contributed by atoms with Crippen molar-refractivity contribution in [3.63, 3.8) is 0 Å². The van der Waals surface area contributed by atoms with Gasteiger partial charge in [0, 0.05) is 19.6 Å². The molecule has 0 radical (unpaired) electrons. The van der Waals surface area contributed by atoms with Crippen LogP contribution in [0.2, 0.25) is 0 Å². The van der Waals surface area contributed by atoms with Gasteiger partial charge < -0.3 is 10.2 Å². The van der Waals surface area contributed by atoms with Crippen molar-refractivity contribution in [3.05, 3.63) is 29.3 Å². The largest absolute Gasteiger partial charge is 0.384 e. The first-order valence-corrected chi connectivity index (χ1v) is 6.24. The first-order chi connectivity index (χ1) is 8.11. The third kappa shape index (κ3) is 2.28. The van der Waals surface area contributed by atoms with Gasteiger partial charge in [0.15, 0.2) is 0 Å². The van der Waals surface area contributed by atoms with Gasteiger partial charge in [-0.3, -0.25) is 4.79 Å². The van der Waals surface area contributed by atoms with Gasteiger partial charge in [0.25, 0.3) is 5.91 Å². The molecule has 3 heteroatoms. The van der Waals surface area contributed by atoms with Gasteiger partial charge in [-0.2, -0.15) is 0 Å². The second-order valence-electron chi connectivity index (χ2n) is 4.88. The number of rotatable bonds is 2. The minimum Gasteiger partial charge on any atom is -0.384 e. The second-order valence-corrected chi connectivity index (χ2v) is 4.88. The molecule has 17 heavy (non-hydrogen) atoms. The molecule has 1 amide bonds. The van der Waals surface area contributed by atoms with Crippen molar-refractivity contribution in [2.45, 2.75) is 32.7 Å². The summed E-state index contributed by atoms with van der Waals surface area (Å²) >= 11 is 0. The van der Waals surface area contributed by atoms with E-state index in [0.29, 0.717) is 0 Å². The van der Waals surface area contributed by atoms with E-state index in [1.54, 1.807) is 4.90 Å². The van der Waals surface area contributed by atoms with E-state index in [2.05, 4.69) is 11.4 Å². The van der Waals surface area contributed by atoms with Gasteiger partial charge in [-0.1, -0.05) is 12.1 Å². The number of amides is 1. The highest BCUT2D eigenvalue weighted by molar-refractivity contribution is 6.00. The SMILES string of the molecule is CC(C)N(C)C(=O)c1cccc2c1NCCC2. The molecule has 0 saturated heterocycles. The summed E-state index contributed by atoms with van der Waals surface area (Å²) in [4.78, 5) is 14.1. The Bertz CT molecular complexity index is 426. The van der Waals surface area contributed by atoms with Crippen molar-refractivity contribution in [1.82, 2.24) is 4.90 Å². The molecule has 0 atom stereocenters. The van der Waals surface area contributed by atoms with Gasteiger partial charge in [0.05, 0.1) is 11.3 Å². The third-order valence-corrected chi connectivity index (χ3v) is 3.40. The molecule has 92 valence electrons. The summed E-state index contributed by atoms with van der Waals surface area (Å²) < 4.78 is 0. The van der Waals surface area contributed by atoms with Gasteiger partial charge in [0.1, 0.15) is 0 Å². The fourth-order valence-corrected chi connectivity index (χ4v) is 2.11. The van der Waals surface area contributed by atoms with E-state index in [1.165, 1.54) is 5.56 Å². The van der Waals surface area contributed by atoms with Crippen LogP contribution in [0.25, 0.3) is 0 Å². The lowest BCUT2D eigenvalue weighted by Gasteiger charge is -2.26. The highest BCUT2D eigenvalue weighted by atomic mass is 16.2. The Balaban J connectivity index is 2.35. The Morgan fingerprint density at radius 3 is 2.88 bits per heavy atom. The fraction of sp³-hybridized carbons (Fsp3) is 0.500. The van der Waals surface area contributed by atoms with Crippen LogP contribution < -0.4 is 5.32 Å². The Morgan fingerprint density at radius 2 is 2.18 bits per heavy atom. The highest BCUT2D eigenvalue weighted by Gasteiger charge is 2.20. The minimum atomic E-state index is 0.103. The zero-order valence-corrected chi connectivity index (χ0v) is 10.8. The first-order valence-electron chi connectivity index (χ1n) is 6.24. The van der Waals surface area contributed by atoms with Crippen molar-refractivity contribution in [3.8, 4) is 0 Å². The van der Waals surface area contributed by atoms with Crippen molar-refractivity contribution in [2.24, 2.45) is 0 Å². The van der Waals surface area contributed by atoms with E-state index in [0.717, 1.165) is 30.6 Å². The van der Waals surface area contributed by atoms with Gasteiger partial charge >= 0.3 is 0 Å². The molecule has 0 aromatic heterocycles. The summed E-state index contributed by atoms with van der Waals surface area (Å²) in [6.45, 7) is 5.02. The molecule has 2 rings (SSSR count). The molecule has 1 aliphatic heterocycles. The molecule has 1 N–H and O–H groups in total. The van der Waals surface area contributed by atoms with E-state index in [9.17, 15) is 4.79 Å². The fourth-order valence-electron chi connectivity index (χ4n) is 2.11. The van der Waals surface area contributed by atoms with Crippen LogP contribution in [-0.4, -0.2) is 30.4 Å². The maximum atomic E-state index is 12.3. The third-order valence-electron chi connectivity index (χ3n) is 3.40. The lowest BCUT2D eigenvalue weighted by molar-refractivity contribution is 0.0755. The summed E-state index contributed by atoms with van der Waals surface area (Å²) in [5, 5.41) is 3.36. The van der Waals surface area contributed by atoms with Crippen LogP contribution in [0.4, 0.5) is 5.69 Å². The molecule has 1 heterocycles.